The molecule has 6 heteroatoms. The SMILES string of the molecule is C[C@H](c1ccco1)N(C(=O)c1ccc(Cl)s1)c1ccccn1. The van der Waals surface area contributed by atoms with Crippen molar-refractivity contribution in [3.05, 3.63) is 69.9 Å². The lowest BCUT2D eigenvalue weighted by molar-refractivity contribution is 0.0978. The second kappa shape index (κ2) is 6.34. The maximum Gasteiger partial charge on any atom is 0.270 e. The van der Waals surface area contributed by atoms with Gasteiger partial charge in [-0.3, -0.25) is 9.69 Å². The van der Waals surface area contributed by atoms with E-state index in [0.717, 1.165) is 0 Å². The van der Waals surface area contributed by atoms with Crippen LogP contribution in [0.25, 0.3) is 0 Å². The Hall–Kier alpha value is -2.11. The smallest absolute Gasteiger partial charge is 0.270 e. The number of aromatic nitrogens is 1. The van der Waals surface area contributed by atoms with E-state index in [9.17, 15) is 4.79 Å². The van der Waals surface area contributed by atoms with Crippen molar-refractivity contribution in [2.24, 2.45) is 0 Å². The highest BCUT2D eigenvalue weighted by Gasteiger charge is 2.27. The molecule has 3 aromatic heterocycles. The molecule has 0 bridgehead atoms. The summed E-state index contributed by atoms with van der Waals surface area (Å²) in [7, 11) is 0. The number of carbonyl (C=O) groups is 1. The second-order valence-electron chi connectivity index (χ2n) is 4.66. The van der Waals surface area contributed by atoms with Crippen LogP contribution in [-0.2, 0) is 0 Å². The molecule has 0 spiro atoms. The summed E-state index contributed by atoms with van der Waals surface area (Å²) < 4.78 is 6.02. The van der Waals surface area contributed by atoms with E-state index in [1.807, 2.05) is 25.1 Å². The van der Waals surface area contributed by atoms with Crippen LogP contribution in [-0.4, -0.2) is 10.9 Å². The van der Waals surface area contributed by atoms with Gasteiger partial charge in [0.15, 0.2) is 0 Å². The van der Waals surface area contributed by atoms with Gasteiger partial charge in [-0.25, -0.2) is 4.98 Å². The largest absolute Gasteiger partial charge is 0.467 e. The van der Waals surface area contributed by atoms with Gasteiger partial charge in [-0.1, -0.05) is 17.7 Å². The number of hydrogen-bond donors (Lipinski definition) is 0. The quantitative estimate of drug-likeness (QED) is 0.689. The number of thiophene rings is 1. The van der Waals surface area contributed by atoms with Crippen molar-refractivity contribution in [2.45, 2.75) is 13.0 Å². The summed E-state index contributed by atoms with van der Waals surface area (Å²) in [5.74, 6) is 1.11. The van der Waals surface area contributed by atoms with Gasteiger partial charge in [0.05, 0.1) is 21.5 Å². The van der Waals surface area contributed by atoms with Crippen LogP contribution < -0.4 is 4.90 Å². The van der Waals surface area contributed by atoms with Crippen LogP contribution in [0, 0.1) is 0 Å². The first-order valence-corrected chi connectivity index (χ1v) is 7.89. The van der Waals surface area contributed by atoms with E-state index in [-0.39, 0.29) is 11.9 Å². The van der Waals surface area contributed by atoms with Gasteiger partial charge in [-0.05, 0) is 43.3 Å². The molecule has 0 aromatic carbocycles. The molecule has 112 valence electrons. The minimum absolute atomic E-state index is 0.153. The summed E-state index contributed by atoms with van der Waals surface area (Å²) in [6.45, 7) is 1.90. The predicted molar refractivity (Wildman–Crippen MR) is 87.5 cm³/mol. The minimum atomic E-state index is -0.279. The Morgan fingerprint density at radius 1 is 1.27 bits per heavy atom. The maximum absolute atomic E-state index is 12.9. The molecule has 3 heterocycles. The van der Waals surface area contributed by atoms with Crippen molar-refractivity contribution in [1.29, 1.82) is 0 Å². The Kier molecular flexibility index (Phi) is 4.27. The third-order valence-electron chi connectivity index (χ3n) is 3.24. The van der Waals surface area contributed by atoms with Gasteiger partial charge in [0.25, 0.3) is 5.91 Å². The van der Waals surface area contributed by atoms with Gasteiger partial charge in [0.1, 0.15) is 11.6 Å². The summed E-state index contributed by atoms with van der Waals surface area (Å²) in [6.07, 6.45) is 3.25. The number of pyridine rings is 1. The van der Waals surface area contributed by atoms with Crippen LogP contribution in [0.2, 0.25) is 4.34 Å². The van der Waals surface area contributed by atoms with Gasteiger partial charge in [-0.2, -0.15) is 0 Å². The van der Waals surface area contributed by atoms with Crippen LogP contribution in [0.5, 0.6) is 0 Å². The van der Waals surface area contributed by atoms with Gasteiger partial charge in [-0.15, -0.1) is 11.3 Å². The molecule has 3 aromatic rings. The molecule has 1 atom stereocenters. The number of carbonyl (C=O) groups excluding carboxylic acids is 1. The molecule has 0 saturated carbocycles. The van der Waals surface area contributed by atoms with Crippen LogP contribution in [0.3, 0.4) is 0 Å². The molecule has 0 unspecified atom stereocenters. The van der Waals surface area contributed by atoms with Crippen molar-refractivity contribution >= 4 is 34.7 Å². The molecule has 0 aliphatic heterocycles. The summed E-state index contributed by atoms with van der Waals surface area (Å²) in [5.41, 5.74) is 0. The van der Waals surface area contributed by atoms with E-state index < -0.39 is 0 Å². The summed E-state index contributed by atoms with van der Waals surface area (Å²) in [5, 5.41) is 0. The number of anilines is 1. The molecule has 3 rings (SSSR count). The summed E-state index contributed by atoms with van der Waals surface area (Å²) >= 11 is 7.20. The minimum Gasteiger partial charge on any atom is -0.467 e. The monoisotopic (exact) mass is 332 g/mol. The van der Waals surface area contributed by atoms with E-state index >= 15 is 0 Å². The van der Waals surface area contributed by atoms with Crippen LogP contribution in [0.4, 0.5) is 5.82 Å². The number of hydrogen-bond acceptors (Lipinski definition) is 4. The molecule has 0 aliphatic carbocycles. The van der Waals surface area contributed by atoms with Crippen LogP contribution >= 0.6 is 22.9 Å². The molecule has 0 aliphatic rings. The van der Waals surface area contributed by atoms with Gasteiger partial charge in [0.2, 0.25) is 0 Å². The first kappa shape index (κ1) is 14.8. The summed E-state index contributed by atoms with van der Waals surface area (Å²) in [4.78, 5) is 19.4. The van der Waals surface area contributed by atoms with E-state index in [4.69, 9.17) is 16.0 Å². The van der Waals surface area contributed by atoms with Crippen molar-refractivity contribution < 1.29 is 9.21 Å². The number of halogens is 1. The fourth-order valence-corrected chi connectivity index (χ4v) is 3.16. The number of furan rings is 1. The van der Waals surface area contributed by atoms with Crippen LogP contribution in [0.15, 0.2) is 59.3 Å². The molecule has 0 saturated heterocycles. The fourth-order valence-electron chi connectivity index (χ4n) is 2.18. The number of nitrogens with zero attached hydrogens (tertiary/aromatic N) is 2. The van der Waals surface area contributed by atoms with E-state index in [1.54, 1.807) is 41.6 Å². The highest BCUT2D eigenvalue weighted by Crippen LogP contribution is 2.30. The van der Waals surface area contributed by atoms with Crippen molar-refractivity contribution in [3.8, 4) is 0 Å². The average Bonchev–Trinajstić information content (AvgIpc) is 3.19. The Morgan fingerprint density at radius 3 is 2.73 bits per heavy atom. The zero-order valence-electron chi connectivity index (χ0n) is 11.8. The maximum atomic E-state index is 12.9. The molecular weight excluding hydrogens is 320 g/mol. The Bertz CT molecular complexity index is 756. The third-order valence-corrected chi connectivity index (χ3v) is 4.46. The Balaban J connectivity index is 2.01. The van der Waals surface area contributed by atoms with Crippen molar-refractivity contribution in [2.75, 3.05) is 4.90 Å². The van der Waals surface area contributed by atoms with E-state index in [1.165, 1.54) is 11.3 Å². The van der Waals surface area contributed by atoms with Gasteiger partial charge < -0.3 is 4.42 Å². The normalized spacial score (nSPS) is 12.1. The van der Waals surface area contributed by atoms with Gasteiger partial charge >= 0.3 is 0 Å². The Morgan fingerprint density at radius 2 is 2.14 bits per heavy atom. The molecule has 0 N–H and O–H groups in total. The highest BCUT2D eigenvalue weighted by atomic mass is 35.5. The molecule has 0 fully saturated rings. The average molecular weight is 333 g/mol. The Labute approximate surface area is 137 Å². The molecule has 4 nitrogen and oxygen atoms in total. The van der Waals surface area contributed by atoms with Gasteiger partial charge in [0, 0.05) is 6.20 Å². The third kappa shape index (κ3) is 2.91. The van der Waals surface area contributed by atoms with Crippen LogP contribution in [0.1, 0.15) is 28.4 Å². The van der Waals surface area contributed by atoms with Crippen molar-refractivity contribution in [1.82, 2.24) is 4.98 Å². The topological polar surface area (TPSA) is 46.3 Å². The molecule has 1 amide bonds. The first-order valence-electron chi connectivity index (χ1n) is 6.70. The number of amides is 1. The highest BCUT2D eigenvalue weighted by molar-refractivity contribution is 7.18. The van der Waals surface area contributed by atoms with Crippen molar-refractivity contribution in [3.63, 3.8) is 0 Å². The zero-order valence-corrected chi connectivity index (χ0v) is 13.3. The fraction of sp³-hybridized carbons (Fsp3) is 0.125. The molecular formula is C16H13ClN2O2S. The predicted octanol–water partition coefficient (Wildman–Crippen LogP) is 4.80. The summed E-state index contributed by atoms with van der Waals surface area (Å²) in [6, 6.07) is 12.3. The second-order valence-corrected chi connectivity index (χ2v) is 6.37. The lowest BCUT2D eigenvalue weighted by atomic mass is 10.2. The lowest BCUT2D eigenvalue weighted by Gasteiger charge is -2.26. The first-order chi connectivity index (χ1) is 10.7. The lowest BCUT2D eigenvalue weighted by Crippen LogP contribution is -2.33. The molecule has 0 radical (unpaired) electrons. The standard InChI is InChI=1S/C16H13ClN2O2S/c1-11(12-5-4-10-21-12)19(15-6-2-3-9-18-15)16(20)13-7-8-14(17)22-13/h2-11H,1H3/t11-/m1/s1. The molecule has 22 heavy (non-hydrogen) atoms. The van der Waals surface area contributed by atoms with E-state index in [2.05, 4.69) is 4.98 Å². The van der Waals surface area contributed by atoms with E-state index in [0.29, 0.717) is 20.8 Å². The number of rotatable bonds is 4. The zero-order chi connectivity index (χ0) is 15.5.